The molecule has 0 saturated carbocycles. The fourth-order valence-electron chi connectivity index (χ4n) is 2.75. The van der Waals surface area contributed by atoms with Gasteiger partial charge in [-0.3, -0.25) is 4.79 Å². The van der Waals surface area contributed by atoms with Gasteiger partial charge in [-0.05, 0) is 34.5 Å². The van der Waals surface area contributed by atoms with E-state index in [9.17, 15) is 4.79 Å². The monoisotopic (exact) mass is 298 g/mol. The van der Waals surface area contributed by atoms with Crippen molar-refractivity contribution in [2.45, 2.75) is 0 Å². The number of nitrogens with one attached hydrogen (secondary N) is 1. The summed E-state index contributed by atoms with van der Waals surface area (Å²) in [7, 11) is 0. The Hall–Kier alpha value is -3.20. The predicted molar refractivity (Wildman–Crippen MR) is 95.2 cm³/mol. The molecule has 0 unspecified atom stereocenters. The largest absolute Gasteiger partial charge is 0.306 e. The minimum absolute atomic E-state index is 0.117. The van der Waals surface area contributed by atoms with Crippen LogP contribution in [0.5, 0.6) is 0 Å². The summed E-state index contributed by atoms with van der Waals surface area (Å²) in [5, 5.41) is 2.97. The number of fused-ring (bicyclic) bond motifs is 2. The summed E-state index contributed by atoms with van der Waals surface area (Å²) < 4.78 is 0. The normalized spacial score (nSPS) is 11.5. The third kappa shape index (κ3) is 2.53. The summed E-state index contributed by atoms with van der Waals surface area (Å²) in [6.45, 7) is 0. The molecule has 1 aromatic heterocycles. The Morgan fingerprint density at radius 3 is 2.43 bits per heavy atom. The second-order valence-corrected chi connectivity index (χ2v) is 5.37. The van der Waals surface area contributed by atoms with Gasteiger partial charge in [0.25, 0.3) is 5.56 Å². The zero-order valence-electron chi connectivity index (χ0n) is 12.4. The van der Waals surface area contributed by atoms with Crippen LogP contribution in [0.25, 0.3) is 33.8 Å². The van der Waals surface area contributed by atoms with Crippen LogP contribution in [0, 0.1) is 0 Å². The molecule has 110 valence electrons. The molecule has 3 nitrogen and oxygen atoms in total. The molecular formula is C20H14N2O. The van der Waals surface area contributed by atoms with E-state index in [0.717, 1.165) is 5.56 Å². The molecule has 0 aliphatic rings. The maximum absolute atomic E-state index is 12.1. The summed E-state index contributed by atoms with van der Waals surface area (Å²) in [5.41, 5.74) is 1.68. The Balaban J connectivity index is 1.80. The first-order valence-corrected chi connectivity index (χ1v) is 7.46. The van der Waals surface area contributed by atoms with Gasteiger partial charge in [0.1, 0.15) is 5.82 Å². The van der Waals surface area contributed by atoms with Crippen LogP contribution in [-0.2, 0) is 0 Å². The number of hydrogen-bond acceptors (Lipinski definition) is 2. The standard InChI is InChI=1S/C20H14N2O/c23-20-17-10-3-4-11-18(17)21-19(22-20)13-12-15-8-5-7-14-6-1-2-9-16(14)15/h1-13H,(H,21,22,23). The van der Waals surface area contributed by atoms with Crippen molar-refractivity contribution in [2.75, 3.05) is 0 Å². The zero-order valence-corrected chi connectivity index (χ0v) is 12.4. The highest BCUT2D eigenvalue weighted by Gasteiger charge is 2.01. The predicted octanol–water partition coefficient (Wildman–Crippen LogP) is 4.25. The summed E-state index contributed by atoms with van der Waals surface area (Å²) in [5.74, 6) is 0.557. The van der Waals surface area contributed by atoms with Crippen LogP contribution < -0.4 is 5.56 Å². The van der Waals surface area contributed by atoms with Crippen molar-refractivity contribution in [2.24, 2.45) is 0 Å². The van der Waals surface area contributed by atoms with Crippen LogP contribution in [0.4, 0.5) is 0 Å². The molecule has 1 N–H and O–H groups in total. The summed E-state index contributed by atoms with van der Waals surface area (Å²) in [4.78, 5) is 19.4. The van der Waals surface area contributed by atoms with E-state index in [-0.39, 0.29) is 5.56 Å². The van der Waals surface area contributed by atoms with Crippen LogP contribution >= 0.6 is 0 Å². The van der Waals surface area contributed by atoms with E-state index < -0.39 is 0 Å². The fourth-order valence-corrected chi connectivity index (χ4v) is 2.75. The Labute approximate surface area is 132 Å². The zero-order chi connectivity index (χ0) is 15.6. The van der Waals surface area contributed by atoms with Gasteiger partial charge in [0.2, 0.25) is 0 Å². The molecule has 0 saturated heterocycles. The number of rotatable bonds is 2. The van der Waals surface area contributed by atoms with Crippen LogP contribution in [0.2, 0.25) is 0 Å². The van der Waals surface area contributed by atoms with Gasteiger partial charge in [0.15, 0.2) is 0 Å². The van der Waals surface area contributed by atoms with Gasteiger partial charge in [-0.15, -0.1) is 0 Å². The second kappa shape index (κ2) is 5.54. The lowest BCUT2D eigenvalue weighted by Crippen LogP contribution is -2.09. The highest BCUT2D eigenvalue weighted by Crippen LogP contribution is 2.20. The number of H-pyrrole nitrogens is 1. The van der Waals surface area contributed by atoms with Crippen molar-refractivity contribution < 1.29 is 0 Å². The molecule has 0 bridgehead atoms. The third-order valence-electron chi connectivity index (χ3n) is 3.88. The summed E-state index contributed by atoms with van der Waals surface area (Å²) >= 11 is 0. The van der Waals surface area contributed by atoms with Gasteiger partial charge in [0, 0.05) is 0 Å². The SMILES string of the molecule is O=c1[nH]c(C=Cc2cccc3ccccc23)nc2ccccc12. The lowest BCUT2D eigenvalue weighted by molar-refractivity contribution is 1.14. The van der Waals surface area contributed by atoms with Gasteiger partial charge in [-0.2, -0.15) is 0 Å². The molecule has 0 fully saturated rings. The smallest absolute Gasteiger partial charge is 0.259 e. The maximum Gasteiger partial charge on any atom is 0.259 e. The average Bonchev–Trinajstić information content (AvgIpc) is 2.60. The van der Waals surface area contributed by atoms with Crippen LogP contribution in [-0.4, -0.2) is 9.97 Å². The molecule has 4 aromatic rings. The number of aromatic nitrogens is 2. The molecule has 1 heterocycles. The molecular weight excluding hydrogens is 284 g/mol. The van der Waals surface area contributed by atoms with Gasteiger partial charge in [-0.25, -0.2) is 4.98 Å². The highest BCUT2D eigenvalue weighted by atomic mass is 16.1. The van der Waals surface area contributed by atoms with Crippen LogP contribution in [0.15, 0.2) is 71.5 Å². The van der Waals surface area contributed by atoms with Crippen molar-refractivity contribution in [3.8, 4) is 0 Å². The molecule has 0 spiro atoms. The van der Waals surface area contributed by atoms with Crippen molar-refractivity contribution in [3.63, 3.8) is 0 Å². The minimum Gasteiger partial charge on any atom is -0.306 e. The Kier molecular flexibility index (Phi) is 3.24. The first-order valence-electron chi connectivity index (χ1n) is 7.46. The first-order chi connectivity index (χ1) is 11.3. The molecule has 3 heteroatoms. The Morgan fingerprint density at radius 2 is 1.52 bits per heavy atom. The molecule has 0 amide bonds. The second-order valence-electron chi connectivity index (χ2n) is 5.37. The highest BCUT2D eigenvalue weighted by molar-refractivity contribution is 5.92. The van der Waals surface area contributed by atoms with E-state index in [0.29, 0.717) is 16.7 Å². The van der Waals surface area contributed by atoms with Gasteiger partial charge in [-0.1, -0.05) is 60.7 Å². The van der Waals surface area contributed by atoms with E-state index in [1.165, 1.54) is 10.8 Å². The lowest BCUT2D eigenvalue weighted by atomic mass is 10.0. The molecule has 0 aliphatic carbocycles. The fraction of sp³-hybridized carbons (Fsp3) is 0. The van der Waals surface area contributed by atoms with Gasteiger partial charge >= 0.3 is 0 Å². The third-order valence-corrected chi connectivity index (χ3v) is 3.88. The Morgan fingerprint density at radius 1 is 0.783 bits per heavy atom. The van der Waals surface area contributed by atoms with E-state index in [2.05, 4.69) is 34.2 Å². The Bertz CT molecular complexity index is 1090. The lowest BCUT2D eigenvalue weighted by Gasteiger charge is -2.02. The van der Waals surface area contributed by atoms with E-state index >= 15 is 0 Å². The van der Waals surface area contributed by atoms with E-state index in [4.69, 9.17) is 0 Å². The van der Waals surface area contributed by atoms with Gasteiger partial charge < -0.3 is 4.98 Å². The van der Waals surface area contributed by atoms with Crippen LogP contribution in [0.1, 0.15) is 11.4 Å². The van der Waals surface area contributed by atoms with Crippen molar-refractivity contribution in [3.05, 3.63) is 88.5 Å². The molecule has 0 atom stereocenters. The number of aromatic amines is 1. The number of hydrogen-bond donors (Lipinski definition) is 1. The van der Waals surface area contributed by atoms with E-state index in [1.54, 1.807) is 6.07 Å². The molecule has 4 rings (SSSR count). The quantitative estimate of drug-likeness (QED) is 0.601. The molecule has 23 heavy (non-hydrogen) atoms. The first kappa shape index (κ1) is 13.5. The van der Waals surface area contributed by atoms with E-state index in [1.807, 2.05) is 48.6 Å². The summed E-state index contributed by atoms with van der Waals surface area (Å²) in [6, 6.07) is 21.7. The maximum atomic E-state index is 12.1. The van der Waals surface area contributed by atoms with Crippen molar-refractivity contribution in [1.29, 1.82) is 0 Å². The van der Waals surface area contributed by atoms with Crippen LogP contribution in [0.3, 0.4) is 0 Å². The topological polar surface area (TPSA) is 45.8 Å². The van der Waals surface area contributed by atoms with Gasteiger partial charge in [0.05, 0.1) is 10.9 Å². The average molecular weight is 298 g/mol. The minimum atomic E-state index is -0.117. The van der Waals surface area contributed by atoms with Crippen molar-refractivity contribution in [1.82, 2.24) is 9.97 Å². The molecule has 3 aromatic carbocycles. The number of benzene rings is 3. The molecule has 0 aliphatic heterocycles. The number of nitrogens with zero attached hydrogens (tertiary/aromatic N) is 1. The summed E-state index contributed by atoms with van der Waals surface area (Å²) in [6.07, 6.45) is 3.82. The number of para-hydroxylation sites is 1. The van der Waals surface area contributed by atoms with Crippen molar-refractivity contribution >= 4 is 33.8 Å². The molecule has 0 radical (unpaired) electrons.